The quantitative estimate of drug-likeness (QED) is 0.0790. The predicted molar refractivity (Wildman–Crippen MR) is 258 cm³/mol. The molecule has 1 N–H and O–H groups in total. The Morgan fingerprint density at radius 3 is 2.32 bits per heavy atom. The van der Waals surface area contributed by atoms with Gasteiger partial charge in [0.05, 0.1) is 49.7 Å². The van der Waals surface area contributed by atoms with Crippen LogP contribution < -0.4 is 38.5 Å². The van der Waals surface area contributed by atoms with Gasteiger partial charge in [-0.3, -0.25) is 19.9 Å². The first-order valence-electron chi connectivity index (χ1n) is 23.6. The van der Waals surface area contributed by atoms with E-state index in [-0.39, 0.29) is 49.4 Å². The lowest BCUT2D eigenvalue weighted by molar-refractivity contribution is -0.157. The number of carbonyl (C=O) groups excluding carboxylic acids is 4. The van der Waals surface area contributed by atoms with Gasteiger partial charge in [0.25, 0.3) is 0 Å². The molecule has 0 radical (unpaired) electrons. The van der Waals surface area contributed by atoms with E-state index in [2.05, 4.69) is 22.9 Å². The maximum absolute atomic E-state index is 15.3. The van der Waals surface area contributed by atoms with Crippen LogP contribution in [0.25, 0.3) is 0 Å². The third-order valence-corrected chi connectivity index (χ3v) is 15.1. The molecule has 1 unspecified atom stereocenters. The number of hydrogen-bond acceptors (Lipinski definition) is 18. The summed E-state index contributed by atoms with van der Waals surface area (Å²) in [5.41, 5.74) is 1.79. The number of rotatable bonds is 7. The van der Waals surface area contributed by atoms with Crippen LogP contribution in [0.15, 0.2) is 30.9 Å². The highest BCUT2D eigenvalue weighted by Gasteiger charge is 2.64. The largest absolute Gasteiger partial charge is 0.514 e. The van der Waals surface area contributed by atoms with E-state index in [0.29, 0.717) is 69.3 Å². The van der Waals surface area contributed by atoms with Crippen LogP contribution in [-0.4, -0.2) is 110 Å². The van der Waals surface area contributed by atoms with Gasteiger partial charge in [-0.05, 0) is 103 Å². The minimum Gasteiger partial charge on any atom is -0.493 e. The molecule has 1 spiro atoms. The number of nitrogens with one attached hydrogen (secondary N) is 1. The van der Waals surface area contributed by atoms with Crippen molar-refractivity contribution in [2.45, 2.75) is 127 Å². The summed E-state index contributed by atoms with van der Waals surface area (Å²) in [5, 5.41) is 14.3. The second kappa shape index (κ2) is 18.4. The van der Waals surface area contributed by atoms with E-state index < -0.39 is 76.4 Å². The summed E-state index contributed by atoms with van der Waals surface area (Å²) in [4.78, 5) is 60.5. The normalized spacial score (nSPS) is 25.0. The van der Waals surface area contributed by atoms with Gasteiger partial charge in [-0.15, -0.1) is 11.8 Å². The molecular weight excluding hydrogens is 937 g/mol. The molecule has 19 heteroatoms. The fourth-order valence-corrected chi connectivity index (χ4v) is 12.9. The number of carbonyl (C=O) groups is 4. The Bertz CT molecular complexity index is 2780. The molecule has 0 saturated carbocycles. The van der Waals surface area contributed by atoms with Gasteiger partial charge in [-0.1, -0.05) is 18.7 Å². The first kappa shape index (κ1) is 49.6. The zero-order valence-corrected chi connectivity index (χ0v) is 42.7. The Balaban J connectivity index is 1.32. The van der Waals surface area contributed by atoms with E-state index in [1.165, 1.54) is 25.8 Å². The topological polar surface area (TPSA) is 203 Å². The molecule has 378 valence electrons. The maximum atomic E-state index is 15.3. The summed E-state index contributed by atoms with van der Waals surface area (Å²) in [6, 6.07) is 3.44. The van der Waals surface area contributed by atoms with Crippen molar-refractivity contribution in [2.75, 3.05) is 46.5 Å². The lowest BCUT2D eigenvalue weighted by Crippen LogP contribution is -2.71. The van der Waals surface area contributed by atoms with Crippen LogP contribution in [0.5, 0.6) is 40.2 Å². The highest BCUT2D eigenvalue weighted by molar-refractivity contribution is 7.99. The molecule has 10 rings (SSSR count). The van der Waals surface area contributed by atoms with Gasteiger partial charge in [-0.2, -0.15) is 5.26 Å². The monoisotopic (exact) mass is 996 g/mol. The Morgan fingerprint density at radius 1 is 0.930 bits per heavy atom. The minimum atomic E-state index is -1.55. The zero-order chi connectivity index (χ0) is 51.1. The molecule has 4 bridgehead atoms. The number of fused-ring (bicyclic) bond motifs is 9. The molecule has 18 nitrogen and oxygen atoms in total. The molecule has 7 aliphatic heterocycles. The Hall–Kier alpha value is -6.36. The first-order valence-corrected chi connectivity index (χ1v) is 24.6. The number of benzene rings is 3. The molecule has 1 amide bonds. The molecule has 7 aliphatic rings. The maximum Gasteiger partial charge on any atom is 0.514 e. The van der Waals surface area contributed by atoms with E-state index in [0.717, 1.165) is 11.1 Å². The van der Waals surface area contributed by atoms with Crippen LogP contribution in [0.1, 0.15) is 110 Å². The average molecular weight is 997 g/mol. The number of hydrogen-bond donors (Lipinski definition) is 1. The van der Waals surface area contributed by atoms with E-state index in [4.69, 9.17) is 47.4 Å². The van der Waals surface area contributed by atoms with Gasteiger partial charge in [0, 0.05) is 41.5 Å². The van der Waals surface area contributed by atoms with Crippen LogP contribution in [-0.2, 0) is 42.2 Å². The molecule has 2 saturated heterocycles. The SMILES string of the molecule is C=CCOc1c(OC)c(C)cc2c1[C@H]1C3[C@@H]4SC[C@]5(NCCc6cc(OC(=O)OC(C)(C)C)c(OC)cc65)C(=O)OC[C@@H](c5c6c(c(C)c(OC(C)=O)c54)OCO6)N3[C@@H](C#N)[C@@H](C2)N1C(=O)OC(C)(C)C. The molecule has 7 atom stereocenters. The number of methoxy groups -OCH3 is 2. The number of nitrogens with zero attached hydrogens (tertiary/aromatic N) is 3. The van der Waals surface area contributed by atoms with Gasteiger partial charge in [0.1, 0.15) is 36.2 Å². The van der Waals surface area contributed by atoms with Crippen LogP contribution in [0, 0.1) is 25.2 Å². The Morgan fingerprint density at radius 2 is 1.66 bits per heavy atom. The average Bonchev–Trinajstić information content (AvgIpc) is 3.79. The van der Waals surface area contributed by atoms with E-state index in [9.17, 15) is 14.9 Å². The van der Waals surface area contributed by atoms with Crippen LogP contribution in [0.4, 0.5) is 9.59 Å². The number of esters is 2. The van der Waals surface area contributed by atoms with Gasteiger partial charge in [0.2, 0.25) is 6.79 Å². The summed E-state index contributed by atoms with van der Waals surface area (Å²) in [6.07, 6.45) is 0.734. The lowest BCUT2D eigenvalue weighted by Gasteiger charge is -2.62. The van der Waals surface area contributed by atoms with Gasteiger partial charge in [0.15, 0.2) is 40.0 Å². The van der Waals surface area contributed by atoms with Gasteiger partial charge < -0.3 is 47.4 Å². The van der Waals surface area contributed by atoms with E-state index in [1.54, 1.807) is 78.7 Å². The lowest BCUT2D eigenvalue weighted by atomic mass is 9.71. The van der Waals surface area contributed by atoms with Crippen LogP contribution in [0.3, 0.4) is 0 Å². The summed E-state index contributed by atoms with van der Waals surface area (Å²) >= 11 is 1.37. The van der Waals surface area contributed by atoms with E-state index >= 15 is 9.59 Å². The molecule has 2 fully saturated rings. The van der Waals surface area contributed by atoms with Crippen molar-refractivity contribution >= 4 is 35.9 Å². The molecule has 0 aromatic heterocycles. The first-order chi connectivity index (χ1) is 33.7. The summed E-state index contributed by atoms with van der Waals surface area (Å²) < 4.78 is 61.2. The molecule has 0 aliphatic carbocycles. The molecular formula is C52H60N4O14S. The molecule has 3 aromatic rings. The molecule has 71 heavy (non-hydrogen) atoms. The fraction of sp³-hybridized carbons (Fsp3) is 0.519. The second-order valence-electron chi connectivity index (χ2n) is 20.4. The summed E-state index contributed by atoms with van der Waals surface area (Å²) in [5.74, 6) is 0.890. The number of amides is 1. The third kappa shape index (κ3) is 8.40. The van der Waals surface area contributed by atoms with Crippen molar-refractivity contribution in [3.05, 3.63) is 75.4 Å². The summed E-state index contributed by atoms with van der Waals surface area (Å²) in [6.45, 7) is 19.5. The highest BCUT2D eigenvalue weighted by atomic mass is 32.2. The van der Waals surface area contributed by atoms with Gasteiger partial charge >= 0.3 is 24.2 Å². The minimum absolute atomic E-state index is 0.00985. The number of nitriles is 1. The molecule has 3 aromatic carbocycles. The van der Waals surface area contributed by atoms with Gasteiger partial charge in [-0.25, -0.2) is 14.4 Å². The Labute approximate surface area is 417 Å². The standard InChI is InChI=1S/C52H60N4O14S/c1-13-16-63-44-36-29(17-25(2)41(44)62-12)18-31-32(21-53)55-33-22-64-47(58)52(30-20-34(61-11)35(19-28(30)14-15-54-52)68-49(60)70-51(8,9)10)23-71-46(40(55)39(36)56(31)48(59)69-50(5,6)7)38-37(33)45-43(65-24-66-45)26(3)42(38)67-27(4)57/h13,17,19-20,31-33,39-40,46,54H,1,14-16,18,22-24H2,2-12H3/t31-,32+,33+,39+,40?,46-,52-/m1/s1. The van der Waals surface area contributed by atoms with Crippen molar-refractivity contribution in [3.63, 3.8) is 0 Å². The van der Waals surface area contributed by atoms with Crippen molar-refractivity contribution < 1.29 is 66.5 Å². The highest BCUT2D eigenvalue weighted by Crippen LogP contribution is 2.65. The number of ether oxygens (including phenoxy) is 10. The van der Waals surface area contributed by atoms with Crippen LogP contribution in [0.2, 0.25) is 0 Å². The fourth-order valence-electron chi connectivity index (χ4n) is 11.2. The summed E-state index contributed by atoms with van der Waals surface area (Å²) in [7, 11) is 2.99. The number of thioether (sulfide) groups is 1. The van der Waals surface area contributed by atoms with Crippen molar-refractivity contribution in [1.82, 2.24) is 15.1 Å². The van der Waals surface area contributed by atoms with E-state index in [1.807, 2.05) is 13.0 Å². The smallest absolute Gasteiger partial charge is 0.493 e. The van der Waals surface area contributed by atoms with Crippen molar-refractivity contribution in [1.29, 1.82) is 5.26 Å². The molecule has 7 heterocycles. The zero-order valence-electron chi connectivity index (χ0n) is 41.9. The predicted octanol–water partition coefficient (Wildman–Crippen LogP) is 7.76. The third-order valence-electron chi connectivity index (χ3n) is 13.6. The number of aryl methyl sites for hydroxylation is 1. The van der Waals surface area contributed by atoms with Crippen LogP contribution >= 0.6 is 11.8 Å². The Kier molecular flexibility index (Phi) is 12.8. The van der Waals surface area contributed by atoms with Crippen molar-refractivity contribution in [3.8, 4) is 46.3 Å². The van der Waals surface area contributed by atoms with Crippen molar-refractivity contribution in [2.24, 2.45) is 0 Å². The second-order valence-corrected chi connectivity index (χ2v) is 21.6. The number of piperazine rings is 1.